The summed E-state index contributed by atoms with van der Waals surface area (Å²) in [7, 11) is -3.75. The van der Waals surface area contributed by atoms with Crippen LogP contribution < -0.4 is 4.72 Å². The highest BCUT2D eigenvalue weighted by Gasteiger charge is 2.16. The van der Waals surface area contributed by atoms with E-state index >= 15 is 0 Å². The lowest BCUT2D eigenvalue weighted by Crippen LogP contribution is -2.30. The third kappa shape index (κ3) is 4.23. The maximum absolute atomic E-state index is 12.1. The lowest BCUT2D eigenvalue weighted by Gasteiger charge is -2.07. The van der Waals surface area contributed by atoms with E-state index in [2.05, 4.69) is 9.71 Å². The first-order valence-electron chi connectivity index (χ1n) is 7.59. The van der Waals surface area contributed by atoms with Crippen molar-refractivity contribution in [1.29, 1.82) is 0 Å². The standard InChI is InChI=1S/C17H17N3O4S/c1-13-5-7-15(8-6-13)25(22,23)18-10-17(21)24-12-14-11-20-9-3-2-4-16(20)19-14/h2-9,11,18H,10,12H2,1H3. The molecular weight excluding hydrogens is 342 g/mol. The molecule has 8 heteroatoms. The Morgan fingerprint density at radius 3 is 2.68 bits per heavy atom. The van der Waals surface area contributed by atoms with Crippen molar-refractivity contribution in [3.8, 4) is 0 Å². The van der Waals surface area contributed by atoms with Crippen LogP contribution in [0.4, 0.5) is 0 Å². The van der Waals surface area contributed by atoms with E-state index in [0.29, 0.717) is 5.69 Å². The van der Waals surface area contributed by atoms with Crippen LogP contribution in [-0.4, -0.2) is 30.3 Å². The predicted octanol–water partition coefficient (Wildman–Crippen LogP) is 1.66. The smallest absolute Gasteiger partial charge is 0.321 e. The molecule has 0 fully saturated rings. The Labute approximate surface area is 145 Å². The fraction of sp³-hybridized carbons (Fsp3) is 0.176. The Balaban J connectivity index is 1.54. The van der Waals surface area contributed by atoms with Crippen molar-refractivity contribution >= 4 is 21.6 Å². The number of ether oxygens (including phenoxy) is 1. The number of imidazole rings is 1. The van der Waals surface area contributed by atoms with Crippen LogP contribution in [0.25, 0.3) is 5.65 Å². The van der Waals surface area contributed by atoms with E-state index in [4.69, 9.17) is 4.74 Å². The number of hydrogen-bond donors (Lipinski definition) is 1. The first-order chi connectivity index (χ1) is 11.9. The van der Waals surface area contributed by atoms with E-state index in [0.717, 1.165) is 11.2 Å². The van der Waals surface area contributed by atoms with Gasteiger partial charge in [0.2, 0.25) is 10.0 Å². The summed E-state index contributed by atoms with van der Waals surface area (Å²) in [5, 5.41) is 0. The van der Waals surface area contributed by atoms with Gasteiger partial charge in [-0.2, -0.15) is 4.72 Å². The zero-order valence-electron chi connectivity index (χ0n) is 13.5. The van der Waals surface area contributed by atoms with Gasteiger partial charge in [0.25, 0.3) is 0 Å². The van der Waals surface area contributed by atoms with Gasteiger partial charge in [0, 0.05) is 12.4 Å². The molecule has 3 rings (SSSR count). The molecular formula is C17H17N3O4S. The van der Waals surface area contributed by atoms with Crippen LogP contribution in [-0.2, 0) is 26.2 Å². The second-order valence-corrected chi connectivity index (χ2v) is 7.26. The van der Waals surface area contributed by atoms with Crippen molar-refractivity contribution in [2.45, 2.75) is 18.4 Å². The van der Waals surface area contributed by atoms with Gasteiger partial charge in [-0.25, -0.2) is 13.4 Å². The molecule has 0 radical (unpaired) electrons. The first kappa shape index (κ1) is 17.1. The quantitative estimate of drug-likeness (QED) is 0.676. The van der Waals surface area contributed by atoms with E-state index < -0.39 is 22.5 Å². The van der Waals surface area contributed by atoms with E-state index in [1.165, 1.54) is 12.1 Å². The van der Waals surface area contributed by atoms with Gasteiger partial charge in [0.15, 0.2) is 0 Å². The second-order valence-electron chi connectivity index (χ2n) is 5.50. The number of aromatic nitrogens is 2. The van der Waals surface area contributed by atoms with Crippen LogP contribution in [0.5, 0.6) is 0 Å². The summed E-state index contributed by atoms with van der Waals surface area (Å²) in [6, 6.07) is 11.9. The predicted molar refractivity (Wildman–Crippen MR) is 91.4 cm³/mol. The summed E-state index contributed by atoms with van der Waals surface area (Å²) in [5.74, 6) is -0.673. The third-order valence-electron chi connectivity index (χ3n) is 3.53. The van der Waals surface area contributed by atoms with E-state index in [1.807, 2.05) is 35.7 Å². The zero-order chi connectivity index (χ0) is 17.9. The molecule has 0 saturated carbocycles. The minimum atomic E-state index is -3.75. The van der Waals surface area contributed by atoms with Crippen LogP contribution >= 0.6 is 0 Å². The Morgan fingerprint density at radius 1 is 1.20 bits per heavy atom. The highest BCUT2D eigenvalue weighted by atomic mass is 32.2. The SMILES string of the molecule is Cc1ccc(S(=O)(=O)NCC(=O)OCc2cn3ccccc3n2)cc1. The molecule has 0 aliphatic carbocycles. The number of carbonyl (C=O) groups is 1. The molecule has 0 bridgehead atoms. The number of hydrogen-bond acceptors (Lipinski definition) is 5. The normalized spacial score (nSPS) is 11.6. The number of nitrogens with zero attached hydrogens (tertiary/aromatic N) is 2. The number of rotatable bonds is 6. The fourth-order valence-electron chi connectivity index (χ4n) is 2.22. The number of aryl methyl sites for hydroxylation is 1. The van der Waals surface area contributed by atoms with Crippen LogP contribution in [0.15, 0.2) is 59.8 Å². The maximum atomic E-state index is 12.1. The summed E-state index contributed by atoms with van der Waals surface area (Å²) < 4.78 is 33.3. The molecule has 0 saturated heterocycles. The molecule has 0 aliphatic heterocycles. The lowest BCUT2D eigenvalue weighted by atomic mass is 10.2. The molecule has 2 aromatic heterocycles. The summed E-state index contributed by atoms with van der Waals surface area (Å²) in [6.07, 6.45) is 3.59. The molecule has 7 nitrogen and oxygen atoms in total. The van der Waals surface area contributed by atoms with Gasteiger partial charge in [0.1, 0.15) is 18.8 Å². The summed E-state index contributed by atoms with van der Waals surface area (Å²) in [5.41, 5.74) is 2.28. The number of fused-ring (bicyclic) bond motifs is 1. The Bertz CT molecular complexity index is 961. The van der Waals surface area contributed by atoms with Crippen molar-refractivity contribution < 1.29 is 17.9 Å². The van der Waals surface area contributed by atoms with Crippen molar-refractivity contribution in [2.75, 3.05) is 6.54 Å². The van der Waals surface area contributed by atoms with Crippen molar-refractivity contribution in [3.05, 3.63) is 66.1 Å². The molecule has 2 heterocycles. The number of pyridine rings is 1. The number of benzene rings is 1. The molecule has 3 aromatic rings. The highest BCUT2D eigenvalue weighted by molar-refractivity contribution is 7.89. The van der Waals surface area contributed by atoms with Crippen molar-refractivity contribution in [2.24, 2.45) is 0 Å². The van der Waals surface area contributed by atoms with Crippen LogP contribution in [0.3, 0.4) is 0 Å². The molecule has 0 aliphatic rings. The van der Waals surface area contributed by atoms with Gasteiger partial charge in [0.05, 0.1) is 10.6 Å². The minimum absolute atomic E-state index is 0.0211. The van der Waals surface area contributed by atoms with Crippen LogP contribution in [0.2, 0.25) is 0 Å². The third-order valence-corrected chi connectivity index (χ3v) is 4.95. The maximum Gasteiger partial charge on any atom is 0.321 e. The lowest BCUT2D eigenvalue weighted by molar-refractivity contribution is -0.143. The average Bonchev–Trinajstić information content (AvgIpc) is 3.01. The van der Waals surface area contributed by atoms with Crippen LogP contribution in [0.1, 0.15) is 11.3 Å². The Kier molecular flexibility index (Phi) is 4.82. The summed E-state index contributed by atoms with van der Waals surface area (Å²) >= 11 is 0. The van der Waals surface area contributed by atoms with E-state index in [1.54, 1.807) is 18.3 Å². The molecule has 0 spiro atoms. The first-order valence-corrected chi connectivity index (χ1v) is 9.07. The highest BCUT2D eigenvalue weighted by Crippen LogP contribution is 2.10. The van der Waals surface area contributed by atoms with E-state index in [9.17, 15) is 13.2 Å². The Morgan fingerprint density at radius 2 is 1.96 bits per heavy atom. The largest absolute Gasteiger partial charge is 0.458 e. The Hall–Kier alpha value is -2.71. The fourth-order valence-corrected chi connectivity index (χ4v) is 3.19. The molecule has 0 unspecified atom stereocenters. The molecule has 130 valence electrons. The van der Waals surface area contributed by atoms with Gasteiger partial charge in [-0.05, 0) is 31.2 Å². The van der Waals surface area contributed by atoms with Gasteiger partial charge < -0.3 is 9.14 Å². The number of sulfonamides is 1. The molecule has 0 atom stereocenters. The van der Waals surface area contributed by atoms with Gasteiger partial charge in [-0.1, -0.05) is 23.8 Å². The zero-order valence-corrected chi connectivity index (χ0v) is 14.4. The van der Waals surface area contributed by atoms with Gasteiger partial charge >= 0.3 is 5.97 Å². The van der Waals surface area contributed by atoms with E-state index in [-0.39, 0.29) is 11.5 Å². The number of carbonyl (C=O) groups excluding carboxylic acids is 1. The number of esters is 1. The van der Waals surface area contributed by atoms with Crippen molar-refractivity contribution in [1.82, 2.24) is 14.1 Å². The molecule has 0 amide bonds. The van der Waals surface area contributed by atoms with Gasteiger partial charge in [-0.15, -0.1) is 0 Å². The number of nitrogens with one attached hydrogen (secondary N) is 1. The second kappa shape index (κ2) is 7.04. The summed E-state index contributed by atoms with van der Waals surface area (Å²) in [6.45, 7) is 1.40. The molecule has 1 aromatic carbocycles. The summed E-state index contributed by atoms with van der Waals surface area (Å²) in [4.78, 5) is 16.2. The van der Waals surface area contributed by atoms with Crippen molar-refractivity contribution in [3.63, 3.8) is 0 Å². The average molecular weight is 359 g/mol. The van der Waals surface area contributed by atoms with Gasteiger partial charge in [-0.3, -0.25) is 4.79 Å². The topological polar surface area (TPSA) is 89.8 Å². The molecule has 25 heavy (non-hydrogen) atoms. The minimum Gasteiger partial charge on any atom is -0.458 e. The monoisotopic (exact) mass is 359 g/mol. The molecule has 1 N–H and O–H groups in total. The van der Waals surface area contributed by atoms with Crippen LogP contribution in [0, 0.1) is 6.92 Å².